The van der Waals surface area contributed by atoms with Gasteiger partial charge in [0.2, 0.25) is 0 Å². The topological polar surface area (TPSA) is 9.23 Å². The quantitative estimate of drug-likeness (QED) is 0.306. The molecule has 0 fully saturated rings. The van der Waals surface area contributed by atoms with Gasteiger partial charge in [-0.15, -0.1) is 0 Å². The highest BCUT2D eigenvalue weighted by Gasteiger charge is 1.95. The minimum atomic E-state index is 0.794. The molecule has 29 heavy (non-hydrogen) atoms. The lowest BCUT2D eigenvalue weighted by Gasteiger charge is -2.05. The summed E-state index contributed by atoms with van der Waals surface area (Å²) in [6.45, 7) is 5.25. The first-order valence-electron chi connectivity index (χ1n) is 11.2. The van der Waals surface area contributed by atoms with Gasteiger partial charge in [0.1, 0.15) is 5.75 Å². The van der Waals surface area contributed by atoms with Gasteiger partial charge in [-0.25, -0.2) is 0 Å². The first-order valence-corrected chi connectivity index (χ1v) is 11.2. The molecule has 0 unspecified atom stereocenters. The normalized spacial score (nSPS) is 9.86. The van der Waals surface area contributed by atoms with Gasteiger partial charge in [-0.05, 0) is 61.4 Å². The molecular weight excluding hydrogens is 352 g/mol. The van der Waals surface area contributed by atoms with Gasteiger partial charge >= 0.3 is 0 Å². The second kappa shape index (κ2) is 14.4. The van der Waals surface area contributed by atoms with E-state index < -0.39 is 0 Å². The van der Waals surface area contributed by atoms with Gasteiger partial charge in [0.05, 0.1) is 6.61 Å². The van der Waals surface area contributed by atoms with Crippen molar-refractivity contribution in [2.24, 2.45) is 0 Å². The average Bonchev–Trinajstić information content (AvgIpc) is 2.76. The van der Waals surface area contributed by atoms with E-state index in [1.54, 1.807) is 0 Å². The van der Waals surface area contributed by atoms with Crippen LogP contribution in [0.25, 0.3) is 0 Å². The zero-order valence-corrected chi connectivity index (χ0v) is 18.1. The highest BCUT2D eigenvalue weighted by Crippen LogP contribution is 2.13. The summed E-state index contributed by atoms with van der Waals surface area (Å²) in [4.78, 5) is 0. The molecule has 1 heteroatoms. The SMILES string of the molecule is CCCCCC#Cc1ccc(C#Cc2ccc(OCCCCCCC)cc2)cc1. The summed E-state index contributed by atoms with van der Waals surface area (Å²) in [5, 5.41) is 0. The zero-order valence-electron chi connectivity index (χ0n) is 18.1. The predicted octanol–water partition coefficient (Wildman–Crippen LogP) is 7.37. The molecular formula is C28H34O. The summed E-state index contributed by atoms with van der Waals surface area (Å²) in [5.74, 6) is 13.8. The summed E-state index contributed by atoms with van der Waals surface area (Å²) < 4.78 is 5.81. The van der Waals surface area contributed by atoms with E-state index in [0.717, 1.165) is 41.9 Å². The van der Waals surface area contributed by atoms with Gasteiger partial charge in [0.25, 0.3) is 0 Å². The maximum Gasteiger partial charge on any atom is 0.119 e. The van der Waals surface area contributed by atoms with E-state index in [9.17, 15) is 0 Å². The van der Waals surface area contributed by atoms with Crippen LogP contribution in [0.4, 0.5) is 0 Å². The lowest BCUT2D eigenvalue weighted by atomic mass is 10.1. The molecule has 2 aromatic carbocycles. The third kappa shape index (κ3) is 9.91. The maximum absolute atomic E-state index is 5.81. The summed E-state index contributed by atoms with van der Waals surface area (Å²) in [6.07, 6.45) is 11.0. The van der Waals surface area contributed by atoms with Crippen LogP contribution in [-0.4, -0.2) is 6.61 Å². The fourth-order valence-corrected chi connectivity index (χ4v) is 2.94. The van der Waals surface area contributed by atoms with Crippen molar-refractivity contribution in [2.75, 3.05) is 6.61 Å². The van der Waals surface area contributed by atoms with Gasteiger partial charge in [-0.1, -0.05) is 76.1 Å². The number of ether oxygens (including phenoxy) is 1. The molecule has 1 nitrogen and oxygen atoms in total. The summed E-state index contributed by atoms with van der Waals surface area (Å²) >= 11 is 0. The molecule has 0 bridgehead atoms. The van der Waals surface area contributed by atoms with Gasteiger partial charge in [0.15, 0.2) is 0 Å². The molecule has 0 aliphatic rings. The van der Waals surface area contributed by atoms with Crippen LogP contribution in [0, 0.1) is 23.7 Å². The molecule has 0 aromatic heterocycles. The van der Waals surface area contributed by atoms with Crippen LogP contribution >= 0.6 is 0 Å². The monoisotopic (exact) mass is 386 g/mol. The first kappa shape index (κ1) is 22.6. The molecule has 0 saturated carbocycles. The number of hydrogen-bond donors (Lipinski definition) is 0. The van der Waals surface area contributed by atoms with E-state index in [1.807, 2.05) is 48.5 Å². The van der Waals surface area contributed by atoms with Crippen molar-refractivity contribution in [3.05, 3.63) is 65.2 Å². The van der Waals surface area contributed by atoms with E-state index in [2.05, 4.69) is 37.5 Å². The Morgan fingerprint density at radius 1 is 0.586 bits per heavy atom. The van der Waals surface area contributed by atoms with Crippen molar-refractivity contribution in [1.29, 1.82) is 0 Å². The Morgan fingerprint density at radius 2 is 1.10 bits per heavy atom. The van der Waals surface area contributed by atoms with Crippen molar-refractivity contribution in [1.82, 2.24) is 0 Å². The van der Waals surface area contributed by atoms with Crippen LogP contribution in [0.5, 0.6) is 5.75 Å². The highest BCUT2D eigenvalue weighted by molar-refractivity contribution is 5.46. The Bertz CT molecular complexity index is 807. The lowest BCUT2D eigenvalue weighted by molar-refractivity contribution is 0.304. The van der Waals surface area contributed by atoms with Crippen molar-refractivity contribution in [3.63, 3.8) is 0 Å². The minimum Gasteiger partial charge on any atom is -0.494 e. The molecule has 0 amide bonds. The van der Waals surface area contributed by atoms with E-state index >= 15 is 0 Å². The molecule has 0 heterocycles. The van der Waals surface area contributed by atoms with Crippen LogP contribution in [0.15, 0.2) is 48.5 Å². The van der Waals surface area contributed by atoms with Gasteiger partial charge in [-0.2, -0.15) is 0 Å². The molecule has 0 spiro atoms. The van der Waals surface area contributed by atoms with Crippen LogP contribution in [0.3, 0.4) is 0 Å². The van der Waals surface area contributed by atoms with Crippen LogP contribution < -0.4 is 4.74 Å². The molecule has 0 radical (unpaired) electrons. The van der Waals surface area contributed by atoms with Crippen LogP contribution in [0.2, 0.25) is 0 Å². The molecule has 2 rings (SSSR count). The number of hydrogen-bond acceptors (Lipinski definition) is 1. The standard InChI is InChI=1S/C28H34O/c1-3-5-7-9-11-13-25-14-16-26(17-15-25)18-19-27-20-22-28(23-21-27)29-24-12-10-8-6-4-2/h14-17,20-23H,3-10,12,24H2,1-2H3. The largest absolute Gasteiger partial charge is 0.494 e. The molecule has 0 atom stereocenters. The molecule has 2 aromatic rings. The Kier molecular flexibility index (Phi) is 11.2. The maximum atomic E-state index is 5.81. The van der Waals surface area contributed by atoms with Crippen molar-refractivity contribution >= 4 is 0 Å². The average molecular weight is 387 g/mol. The molecule has 0 aliphatic carbocycles. The highest BCUT2D eigenvalue weighted by atomic mass is 16.5. The van der Waals surface area contributed by atoms with E-state index in [-0.39, 0.29) is 0 Å². The smallest absolute Gasteiger partial charge is 0.119 e. The van der Waals surface area contributed by atoms with Gasteiger partial charge in [-0.3, -0.25) is 0 Å². The van der Waals surface area contributed by atoms with E-state index in [1.165, 1.54) is 44.9 Å². The van der Waals surface area contributed by atoms with Gasteiger partial charge in [0, 0.05) is 23.1 Å². The molecule has 152 valence electrons. The molecule has 0 saturated heterocycles. The summed E-state index contributed by atoms with van der Waals surface area (Å²) in [7, 11) is 0. The fraction of sp³-hybridized carbons (Fsp3) is 0.429. The van der Waals surface area contributed by atoms with Crippen molar-refractivity contribution < 1.29 is 4.74 Å². The van der Waals surface area contributed by atoms with E-state index in [0.29, 0.717) is 0 Å². The lowest BCUT2D eigenvalue weighted by Crippen LogP contribution is -1.97. The van der Waals surface area contributed by atoms with Crippen molar-refractivity contribution in [3.8, 4) is 29.4 Å². The summed E-state index contributed by atoms with van der Waals surface area (Å²) in [6, 6.07) is 16.2. The second-order valence-corrected chi connectivity index (χ2v) is 7.37. The molecule has 0 N–H and O–H groups in total. The Balaban J connectivity index is 1.78. The van der Waals surface area contributed by atoms with Crippen molar-refractivity contribution in [2.45, 2.75) is 71.6 Å². The summed E-state index contributed by atoms with van der Waals surface area (Å²) in [5.41, 5.74) is 3.07. The van der Waals surface area contributed by atoms with Crippen LogP contribution in [0.1, 0.15) is 88.3 Å². The Labute approximate surface area is 177 Å². The third-order valence-corrected chi connectivity index (χ3v) is 4.75. The van der Waals surface area contributed by atoms with Crippen LogP contribution in [-0.2, 0) is 0 Å². The number of unbranched alkanes of at least 4 members (excludes halogenated alkanes) is 7. The zero-order chi connectivity index (χ0) is 20.6. The third-order valence-electron chi connectivity index (χ3n) is 4.75. The van der Waals surface area contributed by atoms with E-state index in [4.69, 9.17) is 4.74 Å². The number of rotatable bonds is 10. The first-order chi connectivity index (χ1) is 14.3. The fourth-order valence-electron chi connectivity index (χ4n) is 2.94. The number of benzene rings is 2. The Morgan fingerprint density at radius 3 is 1.72 bits per heavy atom. The minimum absolute atomic E-state index is 0.794. The molecule has 0 aliphatic heterocycles. The predicted molar refractivity (Wildman–Crippen MR) is 124 cm³/mol. The second-order valence-electron chi connectivity index (χ2n) is 7.37. The Hall–Kier alpha value is -2.64. The van der Waals surface area contributed by atoms with Gasteiger partial charge < -0.3 is 4.74 Å².